The lowest BCUT2D eigenvalue weighted by molar-refractivity contribution is -0.00139. The Bertz CT molecular complexity index is 411. The number of nitrogens with zero attached hydrogens (tertiary/aromatic N) is 1. The first-order valence-electron chi connectivity index (χ1n) is 5.59. The lowest BCUT2D eigenvalue weighted by atomic mass is 10.3. The van der Waals surface area contributed by atoms with Crippen LogP contribution in [0, 0.1) is 5.82 Å². The molecule has 2 rings (SSSR count). The number of anilines is 1. The second-order valence-corrected chi connectivity index (χ2v) is 4.04. The molecular formula is C12H15FN2O2. The van der Waals surface area contributed by atoms with E-state index in [4.69, 9.17) is 4.74 Å². The van der Waals surface area contributed by atoms with Gasteiger partial charge in [-0.15, -0.1) is 0 Å². The van der Waals surface area contributed by atoms with Gasteiger partial charge in [-0.25, -0.2) is 9.18 Å². The molecule has 1 aromatic rings. The van der Waals surface area contributed by atoms with Crippen LogP contribution in [0.2, 0.25) is 0 Å². The largest absolute Gasteiger partial charge is 0.375 e. The fourth-order valence-electron chi connectivity index (χ4n) is 1.76. The topological polar surface area (TPSA) is 41.6 Å². The van der Waals surface area contributed by atoms with Crippen molar-refractivity contribution in [2.75, 3.05) is 25.0 Å². The van der Waals surface area contributed by atoms with E-state index in [1.807, 2.05) is 6.92 Å². The Balaban J connectivity index is 1.99. The molecule has 0 spiro atoms. The van der Waals surface area contributed by atoms with E-state index in [0.717, 1.165) is 0 Å². The lowest BCUT2D eigenvalue weighted by Gasteiger charge is -2.31. The molecule has 92 valence electrons. The molecule has 2 amide bonds. The van der Waals surface area contributed by atoms with Gasteiger partial charge < -0.3 is 15.0 Å². The third-order valence-electron chi connectivity index (χ3n) is 2.64. The Morgan fingerprint density at radius 2 is 2.29 bits per heavy atom. The molecule has 1 fully saturated rings. The van der Waals surface area contributed by atoms with Crippen molar-refractivity contribution < 1.29 is 13.9 Å². The Kier molecular flexibility index (Phi) is 3.58. The zero-order chi connectivity index (χ0) is 12.3. The highest BCUT2D eigenvalue weighted by atomic mass is 19.1. The van der Waals surface area contributed by atoms with Gasteiger partial charge in [0.05, 0.1) is 18.4 Å². The van der Waals surface area contributed by atoms with E-state index in [9.17, 15) is 9.18 Å². The first-order chi connectivity index (χ1) is 8.16. The van der Waals surface area contributed by atoms with E-state index in [0.29, 0.717) is 19.7 Å². The first-order valence-corrected chi connectivity index (χ1v) is 5.59. The molecular weight excluding hydrogens is 223 g/mol. The van der Waals surface area contributed by atoms with Crippen LogP contribution in [0.4, 0.5) is 14.9 Å². The number of hydrogen-bond acceptors (Lipinski definition) is 2. The van der Waals surface area contributed by atoms with E-state index in [2.05, 4.69) is 5.32 Å². The molecule has 1 saturated heterocycles. The van der Waals surface area contributed by atoms with Gasteiger partial charge in [-0.3, -0.25) is 0 Å². The van der Waals surface area contributed by atoms with Crippen molar-refractivity contribution in [3.05, 3.63) is 30.1 Å². The van der Waals surface area contributed by atoms with Crippen molar-refractivity contribution in [3.8, 4) is 0 Å². The maximum atomic E-state index is 13.3. The second-order valence-electron chi connectivity index (χ2n) is 4.04. The number of hydrogen-bond donors (Lipinski definition) is 1. The molecule has 1 aliphatic heterocycles. The van der Waals surface area contributed by atoms with Crippen LogP contribution in [0.25, 0.3) is 0 Å². The number of halogens is 1. The minimum atomic E-state index is -0.429. The first kappa shape index (κ1) is 11.9. The summed E-state index contributed by atoms with van der Waals surface area (Å²) < 4.78 is 18.7. The summed E-state index contributed by atoms with van der Waals surface area (Å²) in [4.78, 5) is 13.5. The summed E-state index contributed by atoms with van der Waals surface area (Å²) in [5.74, 6) is -0.429. The summed E-state index contributed by atoms with van der Waals surface area (Å²) in [6, 6.07) is 5.84. The van der Waals surface area contributed by atoms with Crippen LogP contribution in [0.5, 0.6) is 0 Å². The predicted octanol–water partition coefficient (Wildman–Crippen LogP) is 2.08. The summed E-state index contributed by atoms with van der Waals surface area (Å²) in [6.45, 7) is 3.49. The third-order valence-corrected chi connectivity index (χ3v) is 2.64. The predicted molar refractivity (Wildman–Crippen MR) is 62.4 cm³/mol. The van der Waals surface area contributed by atoms with Gasteiger partial charge in [-0.2, -0.15) is 0 Å². The standard InChI is InChI=1S/C12H15FN2O2/c1-9-8-15(6-7-17-9)12(16)14-11-5-3-2-4-10(11)13/h2-5,9H,6-8H2,1H3,(H,14,16). The molecule has 5 heteroatoms. The Labute approximate surface area is 99.4 Å². The molecule has 1 aliphatic rings. The fourth-order valence-corrected chi connectivity index (χ4v) is 1.76. The molecule has 0 radical (unpaired) electrons. The zero-order valence-electron chi connectivity index (χ0n) is 9.65. The van der Waals surface area contributed by atoms with Gasteiger partial charge in [-0.05, 0) is 19.1 Å². The smallest absolute Gasteiger partial charge is 0.322 e. The van der Waals surface area contributed by atoms with Gasteiger partial charge >= 0.3 is 6.03 Å². The number of ether oxygens (including phenoxy) is 1. The maximum Gasteiger partial charge on any atom is 0.322 e. The highest BCUT2D eigenvalue weighted by Crippen LogP contribution is 2.14. The molecule has 1 aromatic carbocycles. The molecule has 1 unspecified atom stereocenters. The summed E-state index contributed by atoms with van der Waals surface area (Å²) in [5.41, 5.74) is 0.205. The van der Waals surface area contributed by atoms with E-state index in [1.165, 1.54) is 12.1 Å². The highest BCUT2D eigenvalue weighted by molar-refractivity contribution is 5.89. The van der Waals surface area contributed by atoms with Gasteiger partial charge in [0.15, 0.2) is 0 Å². The van der Waals surface area contributed by atoms with Crippen LogP contribution in [0.1, 0.15) is 6.92 Å². The number of carbonyl (C=O) groups is 1. The number of amides is 2. The number of nitrogens with one attached hydrogen (secondary N) is 1. The molecule has 1 heterocycles. The summed E-state index contributed by atoms with van der Waals surface area (Å²) >= 11 is 0. The van der Waals surface area contributed by atoms with Crippen LogP contribution >= 0.6 is 0 Å². The van der Waals surface area contributed by atoms with Gasteiger partial charge in [0.25, 0.3) is 0 Å². The molecule has 0 saturated carbocycles. The molecule has 4 nitrogen and oxygen atoms in total. The van der Waals surface area contributed by atoms with E-state index in [-0.39, 0.29) is 17.8 Å². The van der Waals surface area contributed by atoms with Crippen molar-refractivity contribution in [2.45, 2.75) is 13.0 Å². The second kappa shape index (κ2) is 5.14. The minimum absolute atomic E-state index is 0.0233. The van der Waals surface area contributed by atoms with Crippen LogP contribution in [0.3, 0.4) is 0 Å². The van der Waals surface area contributed by atoms with Crippen molar-refractivity contribution in [1.29, 1.82) is 0 Å². The molecule has 0 aromatic heterocycles. The summed E-state index contributed by atoms with van der Waals surface area (Å²) in [7, 11) is 0. The van der Waals surface area contributed by atoms with Gasteiger partial charge in [0, 0.05) is 13.1 Å². The maximum absolute atomic E-state index is 13.3. The Hall–Kier alpha value is -1.62. The van der Waals surface area contributed by atoms with Crippen molar-refractivity contribution >= 4 is 11.7 Å². The van der Waals surface area contributed by atoms with Crippen molar-refractivity contribution in [1.82, 2.24) is 4.90 Å². The Morgan fingerprint density at radius 1 is 1.53 bits per heavy atom. The fraction of sp³-hybridized carbons (Fsp3) is 0.417. The van der Waals surface area contributed by atoms with Crippen LogP contribution in [-0.4, -0.2) is 36.7 Å². The van der Waals surface area contributed by atoms with E-state index in [1.54, 1.807) is 17.0 Å². The lowest BCUT2D eigenvalue weighted by Crippen LogP contribution is -2.46. The molecule has 1 N–H and O–H groups in total. The quantitative estimate of drug-likeness (QED) is 0.813. The van der Waals surface area contributed by atoms with Crippen molar-refractivity contribution in [2.24, 2.45) is 0 Å². The van der Waals surface area contributed by atoms with Crippen LogP contribution < -0.4 is 5.32 Å². The SMILES string of the molecule is CC1CN(C(=O)Nc2ccccc2F)CCO1. The number of morpholine rings is 1. The number of rotatable bonds is 1. The van der Waals surface area contributed by atoms with Crippen molar-refractivity contribution in [3.63, 3.8) is 0 Å². The van der Waals surface area contributed by atoms with Gasteiger partial charge in [0.1, 0.15) is 5.82 Å². The number of para-hydroxylation sites is 1. The monoisotopic (exact) mass is 238 g/mol. The molecule has 1 atom stereocenters. The number of benzene rings is 1. The average molecular weight is 238 g/mol. The third kappa shape index (κ3) is 2.94. The highest BCUT2D eigenvalue weighted by Gasteiger charge is 2.21. The van der Waals surface area contributed by atoms with Gasteiger partial charge in [-0.1, -0.05) is 12.1 Å². The molecule has 0 bridgehead atoms. The average Bonchev–Trinajstić information content (AvgIpc) is 2.32. The Morgan fingerprint density at radius 3 is 3.00 bits per heavy atom. The molecule has 0 aliphatic carbocycles. The van der Waals surface area contributed by atoms with Gasteiger partial charge in [0.2, 0.25) is 0 Å². The van der Waals surface area contributed by atoms with Crippen LogP contribution in [-0.2, 0) is 4.74 Å². The summed E-state index contributed by atoms with van der Waals surface area (Å²) in [5, 5.41) is 2.56. The van der Waals surface area contributed by atoms with Crippen LogP contribution in [0.15, 0.2) is 24.3 Å². The zero-order valence-corrected chi connectivity index (χ0v) is 9.65. The summed E-state index contributed by atoms with van der Waals surface area (Å²) in [6.07, 6.45) is 0.0233. The normalized spacial score (nSPS) is 20.1. The number of carbonyl (C=O) groups excluding carboxylic acids is 1. The molecule has 17 heavy (non-hydrogen) atoms. The van der Waals surface area contributed by atoms with E-state index >= 15 is 0 Å². The van der Waals surface area contributed by atoms with E-state index < -0.39 is 5.82 Å². The minimum Gasteiger partial charge on any atom is -0.375 e. The number of urea groups is 1.